The Morgan fingerprint density at radius 3 is 2.56 bits per heavy atom. The lowest BCUT2D eigenvalue weighted by atomic mass is 10.0. The molecule has 1 rings (SSSR count). The van der Waals surface area contributed by atoms with Crippen LogP contribution in [0.15, 0.2) is 18.2 Å². The zero-order chi connectivity index (χ0) is 13.7. The molecule has 0 aliphatic heterocycles. The van der Waals surface area contributed by atoms with Crippen LogP contribution in [0.25, 0.3) is 0 Å². The Labute approximate surface area is 111 Å². The van der Waals surface area contributed by atoms with Crippen LogP contribution in [0, 0.1) is 19.8 Å². The fraction of sp³-hybridized carbons (Fsp3) is 0.562. The van der Waals surface area contributed by atoms with E-state index in [-0.39, 0.29) is 5.78 Å². The highest BCUT2D eigenvalue weighted by Crippen LogP contribution is 2.12. The highest BCUT2D eigenvalue weighted by Gasteiger charge is 2.12. The Bertz CT molecular complexity index is 410. The van der Waals surface area contributed by atoms with Crippen molar-refractivity contribution in [1.82, 2.24) is 4.90 Å². The molecule has 0 spiro atoms. The number of aryl methyl sites for hydroxylation is 2. The first kappa shape index (κ1) is 14.9. The molecular weight excluding hydrogens is 222 g/mol. The van der Waals surface area contributed by atoms with E-state index in [4.69, 9.17) is 0 Å². The van der Waals surface area contributed by atoms with Gasteiger partial charge < -0.3 is 0 Å². The van der Waals surface area contributed by atoms with Gasteiger partial charge in [-0.05, 0) is 51.4 Å². The lowest BCUT2D eigenvalue weighted by molar-refractivity contribution is 0.0943. The minimum atomic E-state index is 0.224. The topological polar surface area (TPSA) is 20.3 Å². The lowest BCUT2D eigenvalue weighted by Gasteiger charge is -2.17. The number of carbonyl (C=O) groups is 1. The summed E-state index contributed by atoms with van der Waals surface area (Å²) in [5.74, 6) is 0.908. The molecule has 0 aromatic heterocycles. The van der Waals surface area contributed by atoms with Gasteiger partial charge >= 0.3 is 0 Å². The van der Waals surface area contributed by atoms with Crippen LogP contribution in [0.2, 0.25) is 0 Å². The van der Waals surface area contributed by atoms with Crippen LogP contribution in [-0.4, -0.2) is 30.8 Å². The second-order valence-corrected chi connectivity index (χ2v) is 5.66. The van der Waals surface area contributed by atoms with Crippen LogP contribution in [0.3, 0.4) is 0 Å². The maximum Gasteiger partial charge on any atom is 0.177 e. The van der Waals surface area contributed by atoms with Crippen LogP contribution < -0.4 is 0 Å². The van der Waals surface area contributed by atoms with E-state index < -0.39 is 0 Å². The summed E-state index contributed by atoms with van der Waals surface area (Å²) in [4.78, 5) is 14.3. The molecule has 0 radical (unpaired) electrons. The fourth-order valence-corrected chi connectivity index (χ4v) is 1.92. The van der Waals surface area contributed by atoms with Gasteiger partial charge in [-0.2, -0.15) is 0 Å². The van der Waals surface area contributed by atoms with Gasteiger partial charge in [-0.1, -0.05) is 31.5 Å². The summed E-state index contributed by atoms with van der Waals surface area (Å²) in [5.41, 5.74) is 3.09. The molecule has 1 aromatic carbocycles. The average Bonchev–Trinajstić information content (AvgIpc) is 2.29. The van der Waals surface area contributed by atoms with Gasteiger partial charge in [0.15, 0.2) is 5.78 Å². The largest absolute Gasteiger partial charge is 0.299 e. The van der Waals surface area contributed by atoms with E-state index in [2.05, 4.69) is 24.8 Å². The van der Waals surface area contributed by atoms with E-state index in [9.17, 15) is 4.79 Å². The Kier molecular flexibility index (Phi) is 5.54. The number of rotatable bonds is 6. The number of benzene rings is 1. The first-order valence-electron chi connectivity index (χ1n) is 6.69. The van der Waals surface area contributed by atoms with Crippen molar-refractivity contribution in [1.29, 1.82) is 0 Å². The predicted octanol–water partition coefficient (Wildman–Crippen LogP) is 3.46. The summed E-state index contributed by atoms with van der Waals surface area (Å²) in [6.45, 7) is 9.94. The van der Waals surface area contributed by atoms with Crippen molar-refractivity contribution >= 4 is 5.78 Å². The summed E-state index contributed by atoms with van der Waals surface area (Å²) >= 11 is 0. The smallest absolute Gasteiger partial charge is 0.177 e. The number of hydrogen-bond donors (Lipinski definition) is 0. The third-order valence-electron chi connectivity index (χ3n) is 3.20. The zero-order valence-corrected chi connectivity index (χ0v) is 12.3. The molecule has 0 aliphatic rings. The molecule has 0 bridgehead atoms. The second kappa shape index (κ2) is 6.69. The molecule has 0 amide bonds. The van der Waals surface area contributed by atoms with Crippen molar-refractivity contribution in [3.63, 3.8) is 0 Å². The van der Waals surface area contributed by atoms with Gasteiger partial charge in [0, 0.05) is 5.56 Å². The molecule has 0 saturated heterocycles. The number of ketones is 1. The van der Waals surface area contributed by atoms with Crippen molar-refractivity contribution in [2.75, 3.05) is 20.1 Å². The van der Waals surface area contributed by atoms with Crippen LogP contribution >= 0.6 is 0 Å². The molecule has 0 atom stereocenters. The Morgan fingerprint density at radius 1 is 1.28 bits per heavy atom. The summed E-state index contributed by atoms with van der Waals surface area (Å²) < 4.78 is 0. The van der Waals surface area contributed by atoms with E-state index in [1.807, 2.05) is 33.0 Å². The number of nitrogens with zero attached hydrogens (tertiary/aromatic N) is 1. The van der Waals surface area contributed by atoms with Crippen LogP contribution in [-0.2, 0) is 0 Å². The number of carbonyl (C=O) groups excluding carboxylic acids is 1. The number of Topliss-reactive ketones (excluding diaryl/α,β-unsaturated/α-hetero) is 1. The highest BCUT2D eigenvalue weighted by molar-refractivity contribution is 5.99. The lowest BCUT2D eigenvalue weighted by Crippen LogP contribution is -2.28. The standard InChI is InChI=1S/C16H25NO/c1-12(2)8-9-17(5)11-16(18)15-10-13(3)6-7-14(15)4/h6-7,10,12H,8-9,11H2,1-5H3. The van der Waals surface area contributed by atoms with Gasteiger partial charge in [0.05, 0.1) is 6.54 Å². The zero-order valence-electron chi connectivity index (χ0n) is 12.3. The maximum absolute atomic E-state index is 12.2. The minimum Gasteiger partial charge on any atom is -0.299 e. The molecule has 2 heteroatoms. The van der Waals surface area contributed by atoms with Crippen LogP contribution in [0.4, 0.5) is 0 Å². The molecule has 1 aromatic rings. The fourth-order valence-electron chi connectivity index (χ4n) is 1.92. The van der Waals surface area contributed by atoms with Gasteiger partial charge in [-0.25, -0.2) is 0 Å². The predicted molar refractivity (Wildman–Crippen MR) is 77.2 cm³/mol. The number of hydrogen-bond acceptors (Lipinski definition) is 2. The van der Waals surface area contributed by atoms with Gasteiger partial charge in [0.2, 0.25) is 0 Å². The summed E-state index contributed by atoms with van der Waals surface area (Å²) in [6.07, 6.45) is 1.14. The Hall–Kier alpha value is -1.15. The third kappa shape index (κ3) is 4.61. The summed E-state index contributed by atoms with van der Waals surface area (Å²) in [7, 11) is 2.02. The monoisotopic (exact) mass is 247 g/mol. The second-order valence-electron chi connectivity index (χ2n) is 5.66. The van der Waals surface area contributed by atoms with E-state index in [0.717, 1.165) is 29.7 Å². The normalized spacial score (nSPS) is 11.3. The molecule has 0 saturated carbocycles. The van der Waals surface area contributed by atoms with Crippen LogP contribution in [0.5, 0.6) is 0 Å². The van der Waals surface area contributed by atoms with Gasteiger partial charge in [-0.3, -0.25) is 9.69 Å². The van der Waals surface area contributed by atoms with Gasteiger partial charge in [0.25, 0.3) is 0 Å². The Balaban J connectivity index is 2.62. The molecule has 0 N–H and O–H groups in total. The molecule has 0 heterocycles. The van der Waals surface area contributed by atoms with Crippen molar-refractivity contribution in [2.45, 2.75) is 34.1 Å². The molecule has 2 nitrogen and oxygen atoms in total. The minimum absolute atomic E-state index is 0.224. The van der Waals surface area contributed by atoms with Crippen molar-refractivity contribution in [3.05, 3.63) is 34.9 Å². The quantitative estimate of drug-likeness (QED) is 0.717. The van der Waals surface area contributed by atoms with Crippen molar-refractivity contribution in [3.8, 4) is 0 Å². The summed E-state index contributed by atoms with van der Waals surface area (Å²) in [6, 6.07) is 6.07. The van der Waals surface area contributed by atoms with Gasteiger partial charge in [-0.15, -0.1) is 0 Å². The van der Waals surface area contributed by atoms with Crippen molar-refractivity contribution in [2.24, 2.45) is 5.92 Å². The molecule has 0 unspecified atom stereocenters. The molecule has 100 valence electrons. The third-order valence-corrected chi connectivity index (χ3v) is 3.20. The molecular formula is C16H25NO. The SMILES string of the molecule is Cc1ccc(C)c(C(=O)CN(C)CCC(C)C)c1. The van der Waals surface area contributed by atoms with E-state index in [1.165, 1.54) is 0 Å². The van der Waals surface area contributed by atoms with Crippen molar-refractivity contribution < 1.29 is 4.79 Å². The van der Waals surface area contributed by atoms with Gasteiger partial charge in [0.1, 0.15) is 0 Å². The average molecular weight is 247 g/mol. The number of likely N-dealkylation sites (N-methyl/N-ethyl adjacent to an activating group) is 1. The van der Waals surface area contributed by atoms with E-state index >= 15 is 0 Å². The van der Waals surface area contributed by atoms with E-state index in [0.29, 0.717) is 12.5 Å². The highest BCUT2D eigenvalue weighted by atomic mass is 16.1. The summed E-state index contributed by atoms with van der Waals surface area (Å²) in [5, 5.41) is 0. The Morgan fingerprint density at radius 2 is 1.94 bits per heavy atom. The van der Waals surface area contributed by atoms with Crippen LogP contribution in [0.1, 0.15) is 41.8 Å². The van der Waals surface area contributed by atoms with E-state index in [1.54, 1.807) is 0 Å². The maximum atomic E-state index is 12.2. The molecule has 0 aliphatic carbocycles. The molecule has 18 heavy (non-hydrogen) atoms. The molecule has 0 fully saturated rings. The first-order chi connectivity index (χ1) is 8.40. The first-order valence-corrected chi connectivity index (χ1v) is 6.69.